The zero-order valence-electron chi connectivity index (χ0n) is 24.0. The van der Waals surface area contributed by atoms with Gasteiger partial charge in [0.1, 0.15) is 17.8 Å². The summed E-state index contributed by atoms with van der Waals surface area (Å²) in [5.74, 6) is 1.24. The van der Waals surface area contributed by atoms with Gasteiger partial charge in [-0.2, -0.15) is 0 Å². The number of sulfonamides is 1. The van der Waals surface area contributed by atoms with Crippen molar-refractivity contribution in [1.29, 1.82) is 0 Å². The molecule has 3 fully saturated rings. The third kappa shape index (κ3) is 6.58. The number of piperidine rings is 2. The molecular weight excluding hydrogens is 526 g/mol. The van der Waals surface area contributed by atoms with Gasteiger partial charge in [-0.3, -0.25) is 4.79 Å². The van der Waals surface area contributed by atoms with Crippen LogP contribution in [0, 0.1) is 12.8 Å². The van der Waals surface area contributed by atoms with Crippen LogP contribution in [0.1, 0.15) is 48.2 Å². The van der Waals surface area contributed by atoms with Crippen molar-refractivity contribution in [3.63, 3.8) is 0 Å². The van der Waals surface area contributed by atoms with Gasteiger partial charge in [-0.15, -0.1) is 0 Å². The molecule has 1 aromatic carbocycles. The first-order valence-electron chi connectivity index (χ1n) is 14.5. The monoisotopic (exact) mass is 569 g/mol. The molecule has 0 spiro atoms. The van der Waals surface area contributed by atoms with Gasteiger partial charge in [-0.05, 0) is 70.2 Å². The van der Waals surface area contributed by atoms with E-state index in [1.165, 1.54) is 22.6 Å². The van der Waals surface area contributed by atoms with E-state index >= 15 is 0 Å². The molecule has 0 radical (unpaired) electrons. The molecule has 2 aromatic rings. The molecule has 218 valence electrons. The molecule has 1 atom stereocenters. The van der Waals surface area contributed by atoms with Gasteiger partial charge in [0, 0.05) is 63.1 Å². The van der Waals surface area contributed by atoms with Gasteiger partial charge < -0.3 is 20.0 Å². The van der Waals surface area contributed by atoms with E-state index in [1.54, 1.807) is 7.05 Å². The third-order valence-electron chi connectivity index (χ3n) is 9.06. The van der Waals surface area contributed by atoms with E-state index < -0.39 is 10.0 Å². The van der Waals surface area contributed by atoms with E-state index in [4.69, 9.17) is 0 Å². The maximum Gasteiger partial charge on any atom is 0.272 e. The molecule has 1 aromatic heterocycles. The Labute approximate surface area is 238 Å². The van der Waals surface area contributed by atoms with E-state index in [2.05, 4.69) is 49.4 Å². The molecule has 40 heavy (non-hydrogen) atoms. The minimum Gasteiger partial charge on any atom is -0.371 e. The lowest BCUT2D eigenvalue weighted by molar-refractivity contribution is 0.0542. The molecule has 1 N–H and O–H groups in total. The summed E-state index contributed by atoms with van der Waals surface area (Å²) in [5.41, 5.74) is 2.56. The molecule has 3 aliphatic rings. The minimum absolute atomic E-state index is 0.0222. The summed E-state index contributed by atoms with van der Waals surface area (Å²) in [5, 5.41) is 3.50. The van der Waals surface area contributed by atoms with Crippen molar-refractivity contribution in [3.05, 3.63) is 47.9 Å². The number of hydrogen-bond acceptors (Lipinski definition) is 8. The van der Waals surface area contributed by atoms with Crippen molar-refractivity contribution >= 4 is 27.4 Å². The first-order chi connectivity index (χ1) is 19.2. The Bertz CT molecular complexity index is 1260. The fourth-order valence-electron chi connectivity index (χ4n) is 6.43. The van der Waals surface area contributed by atoms with E-state index in [-0.39, 0.29) is 11.9 Å². The number of amides is 1. The highest BCUT2D eigenvalue weighted by molar-refractivity contribution is 7.88. The average molecular weight is 570 g/mol. The molecule has 3 saturated heterocycles. The number of likely N-dealkylation sites (tertiary alicyclic amines) is 2. The Morgan fingerprint density at radius 3 is 2.38 bits per heavy atom. The number of nitrogens with one attached hydrogen (secondary N) is 1. The Morgan fingerprint density at radius 2 is 1.70 bits per heavy atom. The maximum atomic E-state index is 13.5. The van der Waals surface area contributed by atoms with Crippen molar-refractivity contribution in [2.24, 2.45) is 5.92 Å². The fraction of sp³-hybridized carbons (Fsp3) is 0.621. The number of carbonyl (C=O) groups is 1. The molecule has 1 amide bonds. The summed E-state index contributed by atoms with van der Waals surface area (Å²) in [6, 6.07) is 11.0. The summed E-state index contributed by atoms with van der Waals surface area (Å²) in [6.07, 6.45) is 7.45. The number of benzene rings is 1. The minimum atomic E-state index is -3.16. The second kappa shape index (κ2) is 12.4. The van der Waals surface area contributed by atoms with Crippen LogP contribution in [0.3, 0.4) is 0 Å². The summed E-state index contributed by atoms with van der Waals surface area (Å²) < 4.78 is 25.3. The van der Waals surface area contributed by atoms with Crippen molar-refractivity contribution < 1.29 is 13.2 Å². The standard InChI is InChI=1S/C29H43N7O3S/c1-22-27(31-21-32-28(22)30-19-23-9-14-36(20-23)25-7-5-4-6-8-25)29(37)35-17-12-26(13-18-35)34-15-10-24(11-16-34)33(2)40(3,38)39/h4-8,21,23-24,26H,9-20H2,1-3H3,(H,30,31,32)/t23-/m0/s1. The first-order valence-corrected chi connectivity index (χ1v) is 16.4. The Hall–Kier alpha value is -2.76. The Morgan fingerprint density at radius 1 is 1.00 bits per heavy atom. The second-order valence-electron chi connectivity index (χ2n) is 11.6. The Kier molecular flexibility index (Phi) is 8.92. The average Bonchev–Trinajstić information content (AvgIpc) is 3.45. The zero-order valence-corrected chi connectivity index (χ0v) is 24.8. The van der Waals surface area contributed by atoms with Gasteiger partial charge in [0.25, 0.3) is 5.91 Å². The van der Waals surface area contributed by atoms with E-state index in [0.717, 1.165) is 76.2 Å². The van der Waals surface area contributed by atoms with Crippen molar-refractivity contribution in [2.75, 3.05) is 69.3 Å². The lowest BCUT2D eigenvalue weighted by atomic mass is 9.97. The van der Waals surface area contributed by atoms with Gasteiger partial charge >= 0.3 is 0 Å². The van der Waals surface area contributed by atoms with Crippen LogP contribution in [0.4, 0.5) is 11.5 Å². The molecular formula is C29H43N7O3S. The van der Waals surface area contributed by atoms with Crippen LogP contribution in [0.25, 0.3) is 0 Å². The topological polar surface area (TPSA) is 102 Å². The Balaban J connectivity index is 1.10. The first kappa shape index (κ1) is 28.8. The van der Waals surface area contributed by atoms with Gasteiger partial charge in [-0.25, -0.2) is 22.7 Å². The van der Waals surface area contributed by atoms with E-state index in [9.17, 15) is 13.2 Å². The van der Waals surface area contributed by atoms with Crippen molar-refractivity contribution in [3.8, 4) is 0 Å². The third-order valence-corrected chi connectivity index (χ3v) is 10.4. The SMILES string of the molecule is Cc1c(NC[C@@H]2CCN(c3ccccc3)C2)ncnc1C(=O)N1CCC(N2CCC(N(C)S(C)(=O)=O)CC2)CC1. The van der Waals surface area contributed by atoms with Crippen LogP contribution >= 0.6 is 0 Å². The van der Waals surface area contributed by atoms with Crippen molar-refractivity contribution in [2.45, 2.75) is 51.1 Å². The van der Waals surface area contributed by atoms with Crippen LogP contribution in [0.5, 0.6) is 0 Å². The quantitative estimate of drug-likeness (QED) is 0.518. The highest BCUT2D eigenvalue weighted by Gasteiger charge is 2.33. The van der Waals surface area contributed by atoms with Crippen LogP contribution in [0.15, 0.2) is 36.7 Å². The van der Waals surface area contributed by atoms with Crippen LogP contribution in [0.2, 0.25) is 0 Å². The van der Waals surface area contributed by atoms with Gasteiger partial charge in [0.15, 0.2) is 0 Å². The molecule has 0 saturated carbocycles. The van der Waals surface area contributed by atoms with Crippen LogP contribution in [-0.2, 0) is 10.0 Å². The van der Waals surface area contributed by atoms with E-state index in [0.29, 0.717) is 30.7 Å². The second-order valence-corrected chi connectivity index (χ2v) is 13.6. The lowest BCUT2D eigenvalue weighted by Gasteiger charge is -2.43. The smallest absolute Gasteiger partial charge is 0.272 e. The predicted octanol–water partition coefficient (Wildman–Crippen LogP) is 2.68. The number of anilines is 2. The van der Waals surface area contributed by atoms with Crippen LogP contribution < -0.4 is 10.2 Å². The molecule has 3 aliphatic heterocycles. The largest absolute Gasteiger partial charge is 0.371 e. The summed E-state index contributed by atoms with van der Waals surface area (Å²) in [4.78, 5) is 29.1. The summed E-state index contributed by atoms with van der Waals surface area (Å²) in [6.45, 7) is 8.01. The molecule has 10 nitrogen and oxygen atoms in total. The zero-order chi connectivity index (χ0) is 28.3. The lowest BCUT2D eigenvalue weighted by Crippen LogP contribution is -2.52. The molecule has 5 rings (SSSR count). The number of para-hydroxylation sites is 1. The van der Waals surface area contributed by atoms with E-state index in [1.807, 2.05) is 17.9 Å². The van der Waals surface area contributed by atoms with Gasteiger partial charge in [0.2, 0.25) is 10.0 Å². The maximum absolute atomic E-state index is 13.5. The summed E-state index contributed by atoms with van der Waals surface area (Å²) in [7, 11) is -1.48. The molecule has 0 unspecified atom stereocenters. The number of carbonyl (C=O) groups excluding carboxylic acids is 1. The van der Waals surface area contributed by atoms with Gasteiger partial charge in [0.05, 0.1) is 6.26 Å². The van der Waals surface area contributed by atoms with Crippen LogP contribution in [-0.4, -0.2) is 110 Å². The fourth-order valence-corrected chi connectivity index (χ4v) is 7.18. The highest BCUT2D eigenvalue weighted by Crippen LogP contribution is 2.27. The number of hydrogen-bond donors (Lipinski definition) is 1. The highest BCUT2D eigenvalue weighted by atomic mass is 32.2. The molecule has 0 bridgehead atoms. The number of rotatable bonds is 8. The normalized spacial score (nSPS) is 21.8. The number of nitrogens with zero attached hydrogens (tertiary/aromatic N) is 6. The molecule has 4 heterocycles. The van der Waals surface area contributed by atoms with Crippen molar-refractivity contribution in [1.82, 2.24) is 24.1 Å². The number of aromatic nitrogens is 2. The van der Waals surface area contributed by atoms with Gasteiger partial charge in [-0.1, -0.05) is 18.2 Å². The molecule has 0 aliphatic carbocycles. The predicted molar refractivity (Wildman–Crippen MR) is 158 cm³/mol. The summed E-state index contributed by atoms with van der Waals surface area (Å²) >= 11 is 0. The molecule has 11 heteroatoms.